The summed E-state index contributed by atoms with van der Waals surface area (Å²) in [6, 6.07) is 4.86. The van der Waals surface area contributed by atoms with Crippen LogP contribution in [0.5, 0.6) is 0 Å². The minimum atomic E-state index is -0.710. The second-order valence-electron chi connectivity index (χ2n) is 5.76. The average Bonchev–Trinajstić information content (AvgIpc) is 3.02. The van der Waals surface area contributed by atoms with E-state index in [4.69, 9.17) is 16.3 Å². The fraction of sp³-hybridized carbons (Fsp3) is 0.278. The van der Waals surface area contributed by atoms with Crippen molar-refractivity contribution < 1.29 is 14.3 Å². The number of hydrogen-bond donors (Lipinski definition) is 1. The molecule has 28 heavy (non-hydrogen) atoms. The van der Waals surface area contributed by atoms with Gasteiger partial charge in [0, 0.05) is 11.6 Å². The van der Waals surface area contributed by atoms with E-state index >= 15 is 0 Å². The first-order chi connectivity index (χ1) is 13.3. The number of halogens is 1. The Morgan fingerprint density at radius 2 is 2.07 bits per heavy atom. The molecule has 0 radical (unpaired) electrons. The molecule has 2 heterocycles. The molecule has 3 aromatic rings. The molecule has 10 heteroatoms. The van der Waals surface area contributed by atoms with Crippen molar-refractivity contribution in [1.82, 2.24) is 14.8 Å². The van der Waals surface area contributed by atoms with Crippen LogP contribution in [0.15, 0.2) is 23.0 Å². The van der Waals surface area contributed by atoms with Crippen molar-refractivity contribution in [1.29, 1.82) is 0 Å². The van der Waals surface area contributed by atoms with Crippen molar-refractivity contribution in [2.75, 3.05) is 11.9 Å². The number of nitrogens with one attached hydrogen (secondary N) is 1. The number of carbonyl (C=O) groups is 2. The molecule has 0 fully saturated rings. The van der Waals surface area contributed by atoms with Crippen LogP contribution >= 0.6 is 22.9 Å². The molecule has 1 amide bonds. The Morgan fingerprint density at radius 1 is 1.32 bits per heavy atom. The summed E-state index contributed by atoms with van der Waals surface area (Å²) in [5.41, 5.74) is 0.215. The first-order valence-electron chi connectivity index (χ1n) is 8.52. The predicted molar refractivity (Wildman–Crippen MR) is 107 cm³/mol. The van der Waals surface area contributed by atoms with Crippen LogP contribution in [0.4, 0.5) is 5.13 Å². The maximum atomic E-state index is 12.8. The van der Waals surface area contributed by atoms with Gasteiger partial charge in [0.15, 0.2) is 10.8 Å². The number of aryl methyl sites for hydroxylation is 2. The highest BCUT2D eigenvalue weighted by atomic mass is 35.5. The smallest absolute Gasteiger partial charge is 0.350 e. The van der Waals surface area contributed by atoms with Gasteiger partial charge in [-0.3, -0.25) is 19.6 Å². The monoisotopic (exact) mass is 420 g/mol. The fourth-order valence-electron chi connectivity index (χ4n) is 2.64. The second kappa shape index (κ2) is 8.07. The maximum absolute atomic E-state index is 12.8. The summed E-state index contributed by atoms with van der Waals surface area (Å²) in [5.74, 6) is -1.22. The number of anilines is 1. The number of ether oxygens (including phenoxy) is 1. The van der Waals surface area contributed by atoms with Crippen LogP contribution in [0.2, 0.25) is 5.02 Å². The van der Waals surface area contributed by atoms with Gasteiger partial charge in [0.2, 0.25) is 5.43 Å². The van der Waals surface area contributed by atoms with Crippen LogP contribution < -0.4 is 10.7 Å². The second-order valence-corrected chi connectivity index (χ2v) is 7.20. The number of hydrogen-bond acceptors (Lipinski definition) is 7. The normalized spacial score (nSPS) is 10.9. The van der Waals surface area contributed by atoms with Gasteiger partial charge in [0.25, 0.3) is 5.91 Å². The van der Waals surface area contributed by atoms with Crippen molar-refractivity contribution in [3.05, 3.63) is 49.7 Å². The molecule has 1 N–H and O–H groups in total. The summed E-state index contributed by atoms with van der Waals surface area (Å²) in [6.45, 7) is 5.88. The first kappa shape index (κ1) is 20.0. The van der Waals surface area contributed by atoms with Gasteiger partial charge in [-0.1, -0.05) is 22.9 Å². The Bertz CT molecular complexity index is 1140. The lowest BCUT2D eigenvalue weighted by atomic mass is 10.2. The minimum Gasteiger partial charge on any atom is -0.462 e. The van der Waals surface area contributed by atoms with E-state index in [-0.39, 0.29) is 17.4 Å². The molecule has 0 aliphatic carbocycles. The molecule has 0 spiro atoms. The van der Waals surface area contributed by atoms with E-state index in [1.807, 2.05) is 6.92 Å². The Hall–Kier alpha value is -2.78. The third-order valence-electron chi connectivity index (χ3n) is 3.91. The van der Waals surface area contributed by atoms with Gasteiger partial charge >= 0.3 is 5.97 Å². The van der Waals surface area contributed by atoms with Gasteiger partial charge in [-0.15, -0.1) is 0 Å². The summed E-state index contributed by atoms with van der Waals surface area (Å²) >= 11 is 6.98. The van der Waals surface area contributed by atoms with E-state index in [2.05, 4.69) is 15.4 Å². The van der Waals surface area contributed by atoms with Crippen molar-refractivity contribution in [3.63, 3.8) is 0 Å². The Morgan fingerprint density at radius 3 is 2.75 bits per heavy atom. The van der Waals surface area contributed by atoms with E-state index in [0.717, 1.165) is 11.3 Å². The SMILES string of the molecule is CCOC(=O)c1sc(NC(=O)c2nn(CC)c3ccc(Cl)cc3c2=O)nc1C. The summed E-state index contributed by atoms with van der Waals surface area (Å²) < 4.78 is 6.52. The topological polar surface area (TPSA) is 103 Å². The summed E-state index contributed by atoms with van der Waals surface area (Å²) in [7, 11) is 0. The van der Waals surface area contributed by atoms with E-state index in [0.29, 0.717) is 33.0 Å². The third-order valence-corrected chi connectivity index (χ3v) is 5.20. The Kier molecular flexibility index (Phi) is 5.76. The van der Waals surface area contributed by atoms with E-state index < -0.39 is 17.3 Å². The molecular formula is C18H17ClN4O4S. The third kappa shape index (κ3) is 3.76. The minimum absolute atomic E-state index is 0.181. The van der Waals surface area contributed by atoms with Crippen LogP contribution in [-0.2, 0) is 11.3 Å². The highest BCUT2D eigenvalue weighted by Crippen LogP contribution is 2.24. The van der Waals surface area contributed by atoms with Crippen molar-refractivity contribution in [3.8, 4) is 0 Å². The van der Waals surface area contributed by atoms with Crippen LogP contribution in [0.3, 0.4) is 0 Å². The highest BCUT2D eigenvalue weighted by molar-refractivity contribution is 7.17. The van der Waals surface area contributed by atoms with Gasteiger partial charge in [0.05, 0.1) is 23.2 Å². The predicted octanol–water partition coefficient (Wildman–Crippen LogP) is 3.26. The van der Waals surface area contributed by atoms with E-state index in [1.165, 1.54) is 6.07 Å². The standard InChI is InChI=1S/C18H17ClN4O4S/c1-4-23-12-7-6-10(19)8-11(12)14(24)13(22-23)16(25)21-18-20-9(3)15(28-18)17(26)27-5-2/h6-8H,4-5H2,1-3H3,(H,20,21,25). The molecular weight excluding hydrogens is 404 g/mol. The molecule has 0 aliphatic rings. The Labute approximate surface area is 169 Å². The van der Waals surface area contributed by atoms with Gasteiger partial charge < -0.3 is 4.74 Å². The zero-order valence-electron chi connectivity index (χ0n) is 15.4. The number of fused-ring (bicyclic) bond motifs is 1. The number of esters is 1. The number of aromatic nitrogens is 3. The lowest BCUT2D eigenvalue weighted by molar-refractivity contribution is 0.0531. The van der Waals surface area contributed by atoms with Crippen LogP contribution in [0, 0.1) is 6.92 Å². The largest absolute Gasteiger partial charge is 0.462 e. The molecule has 0 aliphatic heterocycles. The summed E-state index contributed by atoms with van der Waals surface area (Å²) in [5, 5.41) is 7.59. The van der Waals surface area contributed by atoms with Crippen LogP contribution in [0.25, 0.3) is 10.9 Å². The number of rotatable bonds is 5. The van der Waals surface area contributed by atoms with Gasteiger partial charge in [-0.2, -0.15) is 5.10 Å². The first-order valence-corrected chi connectivity index (χ1v) is 9.71. The molecule has 0 unspecified atom stereocenters. The number of thiazole rings is 1. The summed E-state index contributed by atoms with van der Waals surface area (Å²) in [4.78, 5) is 41.8. The highest BCUT2D eigenvalue weighted by Gasteiger charge is 2.21. The lowest BCUT2D eigenvalue weighted by Gasteiger charge is -2.10. The number of benzene rings is 1. The van der Waals surface area contributed by atoms with E-state index in [9.17, 15) is 14.4 Å². The molecule has 2 aromatic heterocycles. The molecule has 3 rings (SSSR count). The Balaban J connectivity index is 1.98. The van der Waals surface area contributed by atoms with Crippen molar-refractivity contribution >= 4 is 50.8 Å². The van der Waals surface area contributed by atoms with Gasteiger partial charge in [-0.05, 0) is 39.0 Å². The van der Waals surface area contributed by atoms with Gasteiger partial charge in [0.1, 0.15) is 4.88 Å². The quantitative estimate of drug-likeness (QED) is 0.635. The maximum Gasteiger partial charge on any atom is 0.350 e. The van der Waals surface area contributed by atoms with Crippen molar-refractivity contribution in [2.45, 2.75) is 27.3 Å². The molecule has 0 saturated carbocycles. The molecule has 146 valence electrons. The molecule has 0 saturated heterocycles. The molecule has 0 atom stereocenters. The van der Waals surface area contributed by atoms with Gasteiger partial charge in [-0.25, -0.2) is 9.78 Å². The molecule has 0 bridgehead atoms. The fourth-order valence-corrected chi connectivity index (χ4v) is 3.67. The zero-order valence-corrected chi connectivity index (χ0v) is 17.0. The summed E-state index contributed by atoms with van der Waals surface area (Å²) in [6.07, 6.45) is 0. The molecule has 8 nitrogen and oxygen atoms in total. The van der Waals surface area contributed by atoms with Crippen molar-refractivity contribution in [2.24, 2.45) is 0 Å². The van der Waals surface area contributed by atoms with Crippen LogP contribution in [0.1, 0.15) is 39.7 Å². The zero-order chi connectivity index (χ0) is 20.4. The van der Waals surface area contributed by atoms with E-state index in [1.54, 1.807) is 30.7 Å². The number of nitrogens with zero attached hydrogens (tertiary/aromatic N) is 3. The average molecular weight is 421 g/mol. The molecule has 1 aromatic carbocycles. The number of carbonyl (C=O) groups excluding carboxylic acids is 2. The van der Waals surface area contributed by atoms with Crippen LogP contribution in [-0.4, -0.2) is 33.2 Å². The number of amides is 1. The lowest BCUT2D eigenvalue weighted by Crippen LogP contribution is -2.27.